The molecule has 1 atom stereocenters. The topological polar surface area (TPSA) is 86.8 Å². The molecule has 1 unspecified atom stereocenters. The van der Waals surface area contributed by atoms with Gasteiger partial charge in [-0.3, -0.25) is 13.9 Å². The Morgan fingerprint density at radius 2 is 1.55 bits per heavy atom. The molecule has 0 aliphatic heterocycles. The lowest BCUT2D eigenvalue weighted by Crippen LogP contribution is -2.51. The molecular weight excluding hydrogens is 569 g/mol. The molecule has 11 heteroatoms. The zero-order chi connectivity index (χ0) is 28.0. The molecule has 3 aromatic rings. The Morgan fingerprint density at radius 1 is 0.921 bits per heavy atom. The molecular formula is C27H28Cl3N3O4S. The highest BCUT2D eigenvalue weighted by Gasteiger charge is 2.33. The molecule has 3 aromatic carbocycles. The number of benzene rings is 3. The van der Waals surface area contributed by atoms with Crippen molar-refractivity contribution >= 4 is 62.3 Å². The molecule has 0 bridgehead atoms. The van der Waals surface area contributed by atoms with Crippen LogP contribution in [0.3, 0.4) is 0 Å². The highest BCUT2D eigenvalue weighted by atomic mass is 35.5. The average Bonchev–Trinajstić information content (AvgIpc) is 2.88. The van der Waals surface area contributed by atoms with E-state index in [9.17, 15) is 18.0 Å². The fourth-order valence-electron chi connectivity index (χ4n) is 3.75. The third-order valence-corrected chi connectivity index (χ3v) is 8.86. The number of likely N-dealkylation sites (N-methyl/N-ethyl adjacent to an activating group) is 1. The lowest BCUT2D eigenvalue weighted by Gasteiger charge is -2.32. The van der Waals surface area contributed by atoms with Crippen molar-refractivity contribution in [2.45, 2.75) is 38.3 Å². The number of carbonyl (C=O) groups is 2. The molecule has 1 N–H and O–H groups in total. The van der Waals surface area contributed by atoms with E-state index in [2.05, 4.69) is 5.32 Å². The van der Waals surface area contributed by atoms with E-state index in [1.54, 1.807) is 56.3 Å². The number of anilines is 1. The van der Waals surface area contributed by atoms with Crippen LogP contribution < -0.4 is 9.62 Å². The first-order chi connectivity index (χ1) is 18.0. The normalized spacial score (nSPS) is 12.1. The summed E-state index contributed by atoms with van der Waals surface area (Å²) in [6.45, 7) is 4.89. The highest BCUT2D eigenvalue weighted by Crippen LogP contribution is 2.35. The van der Waals surface area contributed by atoms with Crippen LogP contribution in [0.4, 0.5) is 5.69 Å². The Hall–Kier alpha value is -2.78. The smallest absolute Gasteiger partial charge is 0.264 e. The number of sulfonamides is 1. The van der Waals surface area contributed by atoms with Gasteiger partial charge in [-0.05, 0) is 56.7 Å². The van der Waals surface area contributed by atoms with Crippen LogP contribution in [0, 0.1) is 6.92 Å². The number of hydrogen-bond donors (Lipinski definition) is 1. The first-order valence-electron chi connectivity index (χ1n) is 11.8. The second kappa shape index (κ2) is 12.8. The predicted octanol–water partition coefficient (Wildman–Crippen LogP) is 5.70. The van der Waals surface area contributed by atoms with Gasteiger partial charge in [-0.2, -0.15) is 0 Å². The van der Waals surface area contributed by atoms with Crippen LogP contribution in [0.2, 0.25) is 15.1 Å². The molecule has 0 aliphatic carbocycles. The maximum atomic E-state index is 13.8. The third kappa shape index (κ3) is 6.80. The van der Waals surface area contributed by atoms with E-state index in [1.807, 2.05) is 6.92 Å². The molecule has 0 aliphatic rings. The molecule has 38 heavy (non-hydrogen) atoms. The lowest BCUT2D eigenvalue weighted by molar-refractivity contribution is -0.139. The Bertz CT molecular complexity index is 1420. The summed E-state index contributed by atoms with van der Waals surface area (Å²) in [5.74, 6) is -1.02. The Morgan fingerprint density at radius 3 is 2.18 bits per heavy atom. The zero-order valence-electron chi connectivity index (χ0n) is 21.1. The molecule has 0 saturated heterocycles. The van der Waals surface area contributed by atoms with E-state index in [0.29, 0.717) is 17.1 Å². The van der Waals surface area contributed by atoms with Gasteiger partial charge in [-0.25, -0.2) is 8.42 Å². The molecule has 2 amide bonds. The summed E-state index contributed by atoms with van der Waals surface area (Å²) in [6.07, 6.45) is 0. The standard InChI is InChI=1S/C27H28Cl3N3O4S/c1-4-31-27(35)19(3)32(16-20-8-5-6-9-22(20)28)25(34)17-33(24-11-7-10-23(29)26(24)30)38(36,37)21-14-12-18(2)13-15-21/h5-15,19H,4,16-17H2,1-3H3,(H,31,35). The quantitative estimate of drug-likeness (QED) is 0.325. The van der Waals surface area contributed by atoms with E-state index in [1.165, 1.54) is 29.2 Å². The molecule has 3 rings (SSSR count). The van der Waals surface area contributed by atoms with Crippen LogP contribution in [-0.2, 0) is 26.2 Å². The van der Waals surface area contributed by atoms with Crippen molar-refractivity contribution in [3.63, 3.8) is 0 Å². The van der Waals surface area contributed by atoms with Gasteiger partial charge in [0.05, 0.1) is 20.6 Å². The van der Waals surface area contributed by atoms with Crippen molar-refractivity contribution in [2.24, 2.45) is 0 Å². The summed E-state index contributed by atoms with van der Waals surface area (Å²) in [5.41, 5.74) is 1.51. The number of rotatable bonds is 10. The fraction of sp³-hybridized carbons (Fsp3) is 0.259. The van der Waals surface area contributed by atoms with E-state index < -0.39 is 28.5 Å². The molecule has 0 aromatic heterocycles. The number of hydrogen-bond acceptors (Lipinski definition) is 4. The predicted molar refractivity (Wildman–Crippen MR) is 152 cm³/mol. The Labute approximate surface area is 238 Å². The zero-order valence-corrected chi connectivity index (χ0v) is 24.2. The lowest BCUT2D eigenvalue weighted by atomic mass is 10.1. The number of amides is 2. The van der Waals surface area contributed by atoms with Gasteiger partial charge in [-0.15, -0.1) is 0 Å². The Kier molecular flexibility index (Phi) is 10.1. The molecule has 0 saturated carbocycles. The largest absolute Gasteiger partial charge is 0.355 e. The van der Waals surface area contributed by atoms with Crippen LogP contribution in [0.25, 0.3) is 0 Å². The highest BCUT2D eigenvalue weighted by molar-refractivity contribution is 7.92. The van der Waals surface area contributed by atoms with E-state index >= 15 is 0 Å². The number of aryl methyl sites for hydroxylation is 1. The van der Waals surface area contributed by atoms with Gasteiger partial charge >= 0.3 is 0 Å². The van der Waals surface area contributed by atoms with Gasteiger partial charge in [0.15, 0.2) is 0 Å². The monoisotopic (exact) mass is 595 g/mol. The summed E-state index contributed by atoms with van der Waals surface area (Å²) >= 11 is 19.0. The maximum Gasteiger partial charge on any atom is 0.264 e. The molecule has 0 heterocycles. The van der Waals surface area contributed by atoms with Crippen LogP contribution in [0.5, 0.6) is 0 Å². The second-order valence-electron chi connectivity index (χ2n) is 8.58. The second-order valence-corrected chi connectivity index (χ2v) is 11.6. The van der Waals surface area contributed by atoms with Crippen molar-refractivity contribution < 1.29 is 18.0 Å². The molecule has 202 valence electrons. The number of carbonyl (C=O) groups excluding carboxylic acids is 2. The van der Waals surface area contributed by atoms with Gasteiger partial charge in [0.1, 0.15) is 12.6 Å². The van der Waals surface area contributed by atoms with E-state index in [4.69, 9.17) is 34.8 Å². The SMILES string of the molecule is CCNC(=O)C(C)N(Cc1ccccc1Cl)C(=O)CN(c1cccc(Cl)c1Cl)S(=O)(=O)c1ccc(C)cc1. The van der Waals surface area contributed by atoms with Crippen LogP contribution in [0.15, 0.2) is 71.6 Å². The van der Waals surface area contributed by atoms with Gasteiger partial charge in [0.2, 0.25) is 11.8 Å². The summed E-state index contributed by atoms with van der Waals surface area (Å²) in [5, 5.41) is 3.23. The third-order valence-electron chi connectivity index (χ3n) is 5.90. The molecule has 0 fully saturated rings. The van der Waals surface area contributed by atoms with Gasteiger partial charge in [0.25, 0.3) is 10.0 Å². The van der Waals surface area contributed by atoms with Crippen molar-refractivity contribution in [1.29, 1.82) is 0 Å². The first kappa shape index (κ1) is 29.8. The van der Waals surface area contributed by atoms with Crippen molar-refractivity contribution in [1.82, 2.24) is 10.2 Å². The first-order valence-corrected chi connectivity index (χ1v) is 14.4. The summed E-state index contributed by atoms with van der Waals surface area (Å²) in [7, 11) is -4.26. The van der Waals surface area contributed by atoms with Gasteiger partial charge in [0, 0.05) is 18.1 Å². The molecule has 0 radical (unpaired) electrons. The van der Waals surface area contributed by atoms with E-state index in [0.717, 1.165) is 9.87 Å². The van der Waals surface area contributed by atoms with Crippen molar-refractivity contribution in [3.8, 4) is 0 Å². The number of halogens is 3. The minimum absolute atomic E-state index is 0.0154. The average molecular weight is 597 g/mol. The minimum atomic E-state index is -4.26. The van der Waals surface area contributed by atoms with Gasteiger partial charge < -0.3 is 10.2 Å². The van der Waals surface area contributed by atoms with Crippen LogP contribution in [-0.4, -0.2) is 44.3 Å². The number of nitrogens with one attached hydrogen (secondary N) is 1. The maximum absolute atomic E-state index is 13.8. The van der Waals surface area contributed by atoms with E-state index in [-0.39, 0.29) is 33.1 Å². The van der Waals surface area contributed by atoms with Crippen molar-refractivity contribution in [3.05, 3.63) is 92.9 Å². The molecule has 7 nitrogen and oxygen atoms in total. The Balaban J connectivity index is 2.09. The number of nitrogens with zero attached hydrogens (tertiary/aromatic N) is 2. The van der Waals surface area contributed by atoms with Gasteiger partial charge in [-0.1, -0.05) is 76.8 Å². The molecule has 0 spiro atoms. The van der Waals surface area contributed by atoms with Crippen LogP contribution in [0.1, 0.15) is 25.0 Å². The summed E-state index contributed by atoms with van der Waals surface area (Å²) in [6, 6.07) is 16.8. The van der Waals surface area contributed by atoms with Crippen molar-refractivity contribution in [2.75, 3.05) is 17.4 Å². The fourth-order valence-corrected chi connectivity index (χ4v) is 5.82. The summed E-state index contributed by atoms with van der Waals surface area (Å²) < 4.78 is 28.6. The summed E-state index contributed by atoms with van der Waals surface area (Å²) in [4.78, 5) is 27.9. The van der Waals surface area contributed by atoms with Crippen LogP contribution >= 0.6 is 34.8 Å². The minimum Gasteiger partial charge on any atom is -0.355 e.